The maximum atomic E-state index is 11.7. The summed E-state index contributed by atoms with van der Waals surface area (Å²) in [7, 11) is 3.26. The van der Waals surface area contributed by atoms with Crippen molar-refractivity contribution in [1.82, 2.24) is 0 Å². The molecule has 0 aliphatic heterocycles. The number of amides is 1. The Balaban J connectivity index is 3.00. The average molecular weight is 208 g/mol. The second-order valence-electron chi connectivity index (χ2n) is 3.36. The SMILES string of the molecule is COc1ccccc1N(C)C(=O)[C@@H](C)N. The highest BCUT2D eigenvalue weighted by Crippen LogP contribution is 2.26. The number of carbonyl (C=O) groups is 1. The highest BCUT2D eigenvalue weighted by molar-refractivity contribution is 5.97. The predicted octanol–water partition coefficient (Wildman–Crippen LogP) is 1.01. The smallest absolute Gasteiger partial charge is 0.243 e. The van der Waals surface area contributed by atoms with Gasteiger partial charge >= 0.3 is 0 Å². The Morgan fingerprint density at radius 2 is 2.07 bits per heavy atom. The molecule has 4 nitrogen and oxygen atoms in total. The van der Waals surface area contributed by atoms with Crippen molar-refractivity contribution >= 4 is 11.6 Å². The van der Waals surface area contributed by atoms with Crippen molar-refractivity contribution in [1.29, 1.82) is 0 Å². The lowest BCUT2D eigenvalue weighted by Gasteiger charge is -2.21. The first-order chi connectivity index (χ1) is 7.07. The molecule has 1 atom stereocenters. The van der Waals surface area contributed by atoms with Gasteiger partial charge in [-0.25, -0.2) is 0 Å². The van der Waals surface area contributed by atoms with Crippen LogP contribution in [-0.2, 0) is 4.79 Å². The van der Waals surface area contributed by atoms with Gasteiger partial charge in [0.05, 0.1) is 18.8 Å². The molecule has 0 aliphatic carbocycles. The van der Waals surface area contributed by atoms with Gasteiger partial charge in [0.2, 0.25) is 5.91 Å². The fraction of sp³-hybridized carbons (Fsp3) is 0.364. The van der Waals surface area contributed by atoms with Gasteiger partial charge in [-0.1, -0.05) is 12.1 Å². The molecule has 0 saturated heterocycles. The second-order valence-corrected chi connectivity index (χ2v) is 3.36. The van der Waals surface area contributed by atoms with Crippen LogP contribution in [0.25, 0.3) is 0 Å². The molecule has 1 amide bonds. The van der Waals surface area contributed by atoms with Crippen LogP contribution in [0.1, 0.15) is 6.92 Å². The third-order valence-corrected chi connectivity index (χ3v) is 2.17. The maximum absolute atomic E-state index is 11.7. The highest BCUT2D eigenvalue weighted by atomic mass is 16.5. The van der Waals surface area contributed by atoms with Crippen LogP contribution in [-0.4, -0.2) is 26.1 Å². The molecule has 0 unspecified atom stereocenters. The molecule has 0 saturated carbocycles. The number of rotatable bonds is 3. The summed E-state index contributed by atoms with van der Waals surface area (Å²) in [4.78, 5) is 13.2. The summed E-state index contributed by atoms with van der Waals surface area (Å²) in [6, 6.07) is 6.81. The minimum absolute atomic E-state index is 0.139. The number of carbonyl (C=O) groups excluding carboxylic acids is 1. The molecule has 0 heterocycles. The van der Waals surface area contributed by atoms with E-state index in [1.165, 1.54) is 4.90 Å². The molecule has 0 radical (unpaired) electrons. The first-order valence-corrected chi connectivity index (χ1v) is 4.74. The number of hydrogen-bond donors (Lipinski definition) is 1. The van der Waals surface area contributed by atoms with E-state index in [2.05, 4.69) is 0 Å². The van der Waals surface area contributed by atoms with Crippen LogP contribution in [0, 0.1) is 0 Å². The van der Waals surface area contributed by atoms with Gasteiger partial charge < -0.3 is 15.4 Å². The van der Waals surface area contributed by atoms with Gasteiger partial charge in [0.25, 0.3) is 0 Å². The Morgan fingerprint density at radius 3 is 2.60 bits per heavy atom. The molecule has 0 aromatic heterocycles. The van der Waals surface area contributed by atoms with Crippen molar-refractivity contribution in [3.8, 4) is 5.75 Å². The average Bonchev–Trinajstić information content (AvgIpc) is 2.26. The lowest BCUT2D eigenvalue weighted by Crippen LogP contribution is -2.39. The fourth-order valence-corrected chi connectivity index (χ4v) is 1.33. The lowest BCUT2D eigenvalue weighted by atomic mass is 10.2. The van der Waals surface area contributed by atoms with Gasteiger partial charge in [-0.15, -0.1) is 0 Å². The molecule has 1 rings (SSSR count). The third-order valence-electron chi connectivity index (χ3n) is 2.17. The first-order valence-electron chi connectivity index (χ1n) is 4.74. The van der Waals surface area contributed by atoms with Crippen LogP contribution in [0.15, 0.2) is 24.3 Å². The normalized spacial score (nSPS) is 12.0. The van der Waals surface area contributed by atoms with E-state index < -0.39 is 6.04 Å². The number of nitrogens with two attached hydrogens (primary N) is 1. The number of para-hydroxylation sites is 2. The zero-order valence-electron chi connectivity index (χ0n) is 9.23. The van der Waals surface area contributed by atoms with Crippen LogP contribution in [0.3, 0.4) is 0 Å². The Labute approximate surface area is 89.6 Å². The summed E-state index contributed by atoms with van der Waals surface area (Å²) in [6.45, 7) is 1.66. The minimum Gasteiger partial charge on any atom is -0.495 e. The Kier molecular flexibility index (Phi) is 3.68. The molecule has 15 heavy (non-hydrogen) atoms. The predicted molar refractivity (Wildman–Crippen MR) is 60.1 cm³/mol. The molecule has 0 fully saturated rings. The van der Waals surface area contributed by atoms with E-state index in [0.717, 1.165) is 5.69 Å². The van der Waals surface area contributed by atoms with Gasteiger partial charge in [0.15, 0.2) is 0 Å². The second kappa shape index (κ2) is 4.79. The number of ether oxygens (including phenoxy) is 1. The van der Waals surface area contributed by atoms with Gasteiger partial charge in [-0.3, -0.25) is 4.79 Å². The molecule has 1 aromatic carbocycles. The van der Waals surface area contributed by atoms with Crippen molar-refractivity contribution in [3.63, 3.8) is 0 Å². The van der Waals surface area contributed by atoms with Crippen molar-refractivity contribution in [2.45, 2.75) is 13.0 Å². The van der Waals surface area contributed by atoms with Crippen LogP contribution in [0.4, 0.5) is 5.69 Å². The number of benzene rings is 1. The fourth-order valence-electron chi connectivity index (χ4n) is 1.33. The molecule has 82 valence electrons. The van der Waals surface area contributed by atoms with Crippen molar-refractivity contribution in [2.24, 2.45) is 5.73 Å². The minimum atomic E-state index is -0.514. The van der Waals surface area contributed by atoms with E-state index in [9.17, 15) is 4.79 Å². The zero-order valence-corrected chi connectivity index (χ0v) is 9.23. The number of anilines is 1. The summed E-state index contributed by atoms with van der Waals surface area (Å²) in [5.41, 5.74) is 6.26. The third kappa shape index (κ3) is 2.47. The van der Waals surface area contributed by atoms with E-state index >= 15 is 0 Å². The molecular weight excluding hydrogens is 192 g/mol. The van der Waals surface area contributed by atoms with E-state index in [0.29, 0.717) is 5.75 Å². The molecule has 0 aliphatic rings. The number of methoxy groups -OCH3 is 1. The standard InChI is InChI=1S/C11H16N2O2/c1-8(12)11(14)13(2)9-6-4-5-7-10(9)15-3/h4-8H,12H2,1-3H3/t8-/m1/s1. The van der Waals surface area contributed by atoms with E-state index in [4.69, 9.17) is 10.5 Å². The van der Waals surface area contributed by atoms with Crippen molar-refractivity contribution in [2.75, 3.05) is 19.1 Å². The molecular formula is C11H16N2O2. The highest BCUT2D eigenvalue weighted by Gasteiger charge is 2.17. The Hall–Kier alpha value is -1.55. The van der Waals surface area contributed by atoms with Gasteiger partial charge in [0, 0.05) is 7.05 Å². The summed E-state index contributed by atoms with van der Waals surface area (Å²) in [6.07, 6.45) is 0. The van der Waals surface area contributed by atoms with Crippen LogP contribution < -0.4 is 15.4 Å². The summed E-state index contributed by atoms with van der Waals surface area (Å²) in [5, 5.41) is 0. The quantitative estimate of drug-likeness (QED) is 0.806. The molecule has 1 aromatic rings. The van der Waals surface area contributed by atoms with Gasteiger partial charge in [-0.2, -0.15) is 0 Å². The monoisotopic (exact) mass is 208 g/mol. The Morgan fingerprint density at radius 1 is 1.47 bits per heavy atom. The van der Waals surface area contributed by atoms with E-state index in [1.807, 2.05) is 18.2 Å². The van der Waals surface area contributed by atoms with E-state index in [-0.39, 0.29) is 5.91 Å². The molecule has 0 spiro atoms. The summed E-state index contributed by atoms with van der Waals surface area (Å²) >= 11 is 0. The van der Waals surface area contributed by atoms with Gasteiger partial charge in [0.1, 0.15) is 5.75 Å². The number of hydrogen-bond acceptors (Lipinski definition) is 3. The number of nitrogens with zero attached hydrogens (tertiary/aromatic N) is 1. The first kappa shape index (κ1) is 11.5. The molecule has 4 heteroatoms. The van der Waals surface area contributed by atoms with Crippen LogP contribution in [0.5, 0.6) is 5.75 Å². The van der Waals surface area contributed by atoms with Crippen molar-refractivity contribution in [3.05, 3.63) is 24.3 Å². The molecule has 0 bridgehead atoms. The number of likely N-dealkylation sites (N-methyl/N-ethyl adjacent to an activating group) is 1. The van der Waals surface area contributed by atoms with Crippen molar-refractivity contribution < 1.29 is 9.53 Å². The van der Waals surface area contributed by atoms with Gasteiger partial charge in [-0.05, 0) is 19.1 Å². The van der Waals surface area contributed by atoms with Crippen LogP contribution >= 0.6 is 0 Å². The summed E-state index contributed by atoms with van der Waals surface area (Å²) in [5.74, 6) is 0.522. The molecule has 2 N–H and O–H groups in total. The largest absolute Gasteiger partial charge is 0.495 e. The zero-order chi connectivity index (χ0) is 11.4. The van der Waals surface area contributed by atoms with Crippen LogP contribution in [0.2, 0.25) is 0 Å². The Bertz CT molecular complexity index is 350. The lowest BCUT2D eigenvalue weighted by molar-refractivity contribution is -0.119. The maximum Gasteiger partial charge on any atom is 0.243 e. The van der Waals surface area contributed by atoms with E-state index in [1.54, 1.807) is 27.1 Å². The topological polar surface area (TPSA) is 55.6 Å². The summed E-state index contributed by atoms with van der Waals surface area (Å²) < 4.78 is 5.16.